The van der Waals surface area contributed by atoms with Gasteiger partial charge >= 0.3 is 6.18 Å². The van der Waals surface area contributed by atoms with E-state index in [0.717, 1.165) is 17.7 Å². The number of imidazole rings is 1. The Hall–Kier alpha value is -3.44. The first kappa shape index (κ1) is 20.8. The zero-order valence-electron chi connectivity index (χ0n) is 15.8. The molecule has 0 amide bonds. The molecular formula is C20H16F3N5O2S. The molecule has 4 aromatic rings. The van der Waals surface area contributed by atoms with Gasteiger partial charge in [0.1, 0.15) is 5.82 Å². The highest BCUT2D eigenvalue weighted by Gasteiger charge is 2.30. The number of halogens is 3. The fraction of sp³-hybridized carbons (Fsp3) is 0.100. The number of rotatable bonds is 5. The molecule has 0 saturated heterocycles. The van der Waals surface area contributed by atoms with Crippen LogP contribution >= 0.6 is 0 Å². The molecule has 0 unspecified atom stereocenters. The molecule has 3 N–H and O–H groups in total. The van der Waals surface area contributed by atoms with Gasteiger partial charge in [0, 0.05) is 12.1 Å². The SMILES string of the molecule is NS(=O)(=O)c1ccc(CNc2ccc3ncc(-c4cccc(C(F)(F)F)c4)n3n2)cc1. The van der Waals surface area contributed by atoms with Crippen molar-refractivity contribution in [1.82, 2.24) is 14.6 Å². The number of fused-ring (bicyclic) bond motifs is 1. The van der Waals surface area contributed by atoms with Crippen LogP contribution in [0.25, 0.3) is 16.9 Å². The maximum atomic E-state index is 13.1. The minimum absolute atomic E-state index is 0.0138. The summed E-state index contributed by atoms with van der Waals surface area (Å²) in [4.78, 5) is 4.22. The van der Waals surface area contributed by atoms with Gasteiger partial charge in [-0.3, -0.25) is 0 Å². The van der Waals surface area contributed by atoms with Gasteiger partial charge in [-0.2, -0.15) is 13.2 Å². The van der Waals surface area contributed by atoms with Crippen LogP contribution in [0, 0.1) is 0 Å². The first-order chi connectivity index (χ1) is 14.6. The monoisotopic (exact) mass is 447 g/mol. The number of alkyl halides is 3. The fourth-order valence-corrected chi connectivity index (χ4v) is 3.52. The molecule has 11 heteroatoms. The second kappa shape index (κ2) is 7.67. The van der Waals surface area contributed by atoms with Crippen LogP contribution in [0.4, 0.5) is 19.0 Å². The van der Waals surface area contributed by atoms with Gasteiger partial charge in [0.2, 0.25) is 10.0 Å². The molecule has 0 aliphatic rings. The largest absolute Gasteiger partial charge is 0.416 e. The highest BCUT2D eigenvalue weighted by molar-refractivity contribution is 7.89. The summed E-state index contributed by atoms with van der Waals surface area (Å²) in [7, 11) is -3.76. The Morgan fingerprint density at radius 3 is 2.45 bits per heavy atom. The van der Waals surface area contributed by atoms with Gasteiger partial charge in [0.15, 0.2) is 5.65 Å². The van der Waals surface area contributed by atoms with E-state index in [1.165, 1.54) is 28.9 Å². The Morgan fingerprint density at radius 2 is 1.77 bits per heavy atom. The van der Waals surface area contributed by atoms with E-state index in [1.807, 2.05) is 0 Å². The second-order valence-electron chi connectivity index (χ2n) is 6.75. The normalized spacial score (nSPS) is 12.3. The zero-order valence-corrected chi connectivity index (χ0v) is 16.7. The molecule has 0 aliphatic carbocycles. The van der Waals surface area contributed by atoms with E-state index in [1.54, 1.807) is 30.3 Å². The molecule has 0 fully saturated rings. The molecule has 160 valence electrons. The summed E-state index contributed by atoms with van der Waals surface area (Å²) in [5.74, 6) is 0.467. The number of sulfonamides is 1. The molecule has 0 aliphatic heterocycles. The van der Waals surface area contributed by atoms with Crippen molar-refractivity contribution in [3.63, 3.8) is 0 Å². The Kier molecular flexibility index (Phi) is 5.15. The number of anilines is 1. The smallest absolute Gasteiger partial charge is 0.365 e. The summed E-state index contributed by atoms with van der Waals surface area (Å²) in [6.45, 7) is 0.344. The van der Waals surface area contributed by atoms with Crippen molar-refractivity contribution < 1.29 is 21.6 Å². The Balaban J connectivity index is 1.59. The molecule has 2 heterocycles. The van der Waals surface area contributed by atoms with Crippen LogP contribution < -0.4 is 10.5 Å². The average Bonchev–Trinajstić information content (AvgIpc) is 3.15. The van der Waals surface area contributed by atoms with Crippen molar-refractivity contribution >= 4 is 21.5 Å². The lowest BCUT2D eigenvalue weighted by atomic mass is 10.1. The first-order valence-corrected chi connectivity index (χ1v) is 10.5. The quantitative estimate of drug-likeness (QED) is 0.486. The van der Waals surface area contributed by atoms with E-state index >= 15 is 0 Å². The van der Waals surface area contributed by atoms with E-state index in [4.69, 9.17) is 5.14 Å². The van der Waals surface area contributed by atoms with Crippen LogP contribution in [-0.4, -0.2) is 23.0 Å². The molecule has 2 aromatic carbocycles. The standard InChI is InChI=1S/C20H16F3N5O2S/c21-20(22,23)15-3-1-2-14(10-15)17-12-26-19-9-8-18(27-28(17)19)25-11-13-4-6-16(7-5-13)31(24,29)30/h1-10,12H,11H2,(H,25,27)(H2,24,29,30). The number of hydrogen-bond donors (Lipinski definition) is 2. The van der Waals surface area contributed by atoms with Crippen molar-refractivity contribution in [2.45, 2.75) is 17.6 Å². The van der Waals surface area contributed by atoms with Crippen LogP contribution in [0.5, 0.6) is 0 Å². The molecule has 0 spiro atoms. The molecule has 2 aromatic heterocycles. The number of aromatic nitrogens is 3. The van der Waals surface area contributed by atoms with Gasteiger partial charge in [-0.1, -0.05) is 24.3 Å². The van der Waals surface area contributed by atoms with Crippen LogP contribution in [0.15, 0.2) is 71.8 Å². The van der Waals surface area contributed by atoms with Gasteiger partial charge in [0.25, 0.3) is 0 Å². The van der Waals surface area contributed by atoms with Crippen molar-refractivity contribution in [3.8, 4) is 11.3 Å². The fourth-order valence-electron chi connectivity index (χ4n) is 3.01. The Bertz CT molecular complexity index is 1350. The van der Waals surface area contributed by atoms with Gasteiger partial charge in [0.05, 0.1) is 22.3 Å². The van der Waals surface area contributed by atoms with Crippen LogP contribution in [0.2, 0.25) is 0 Å². The molecule has 0 bridgehead atoms. The Labute approximate surface area is 175 Å². The van der Waals surface area contributed by atoms with Crippen molar-refractivity contribution in [2.75, 3.05) is 5.32 Å². The van der Waals surface area contributed by atoms with E-state index in [9.17, 15) is 21.6 Å². The van der Waals surface area contributed by atoms with Crippen molar-refractivity contribution in [1.29, 1.82) is 0 Å². The van der Waals surface area contributed by atoms with Gasteiger partial charge < -0.3 is 5.32 Å². The van der Waals surface area contributed by atoms with Crippen LogP contribution in [0.3, 0.4) is 0 Å². The lowest BCUT2D eigenvalue weighted by Gasteiger charge is -2.10. The van der Waals surface area contributed by atoms with Crippen molar-refractivity contribution in [3.05, 3.63) is 78.0 Å². The summed E-state index contributed by atoms with van der Waals surface area (Å²) in [5, 5.41) is 12.6. The number of benzene rings is 2. The minimum Gasteiger partial charge on any atom is -0.365 e. The van der Waals surface area contributed by atoms with Gasteiger partial charge in [-0.25, -0.2) is 23.1 Å². The molecule has 4 rings (SSSR count). The molecular weight excluding hydrogens is 431 g/mol. The highest BCUT2D eigenvalue weighted by atomic mass is 32.2. The second-order valence-corrected chi connectivity index (χ2v) is 8.31. The topological polar surface area (TPSA) is 102 Å². The number of primary sulfonamides is 1. The lowest BCUT2D eigenvalue weighted by molar-refractivity contribution is -0.137. The third kappa shape index (κ3) is 4.52. The van der Waals surface area contributed by atoms with E-state index in [2.05, 4.69) is 15.4 Å². The highest BCUT2D eigenvalue weighted by Crippen LogP contribution is 2.32. The number of nitrogens with zero attached hydrogens (tertiary/aromatic N) is 3. The third-order valence-corrected chi connectivity index (χ3v) is 5.50. The number of nitrogens with one attached hydrogen (secondary N) is 1. The van der Waals surface area contributed by atoms with Crippen LogP contribution in [-0.2, 0) is 22.7 Å². The molecule has 7 nitrogen and oxygen atoms in total. The number of nitrogens with two attached hydrogens (primary N) is 1. The van der Waals surface area contributed by atoms with Gasteiger partial charge in [-0.05, 0) is 42.0 Å². The number of hydrogen-bond acceptors (Lipinski definition) is 5. The first-order valence-electron chi connectivity index (χ1n) is 8.99. The van der Waals surface area contributed by atoms with Crippen LogP contribution in [0.1, 0.15) is 11.1 Å². The molecule has 0 radical (unpaired) electrons. The predicted octanol–water partition coefficient (Wildman–Crippen LogP) is 3.67. The van der Waals surface area contributed by atoms with Crippen molar-refractivity contribution in [2.24, 2.45) is 5.14 Å². The minimum atomic E-state index is -4.45. The Morgan fingerprint density at radius 1 is 1.03 bits per heavy atom. The van der Waals surface area contributed by atoms with E-state index in [-0.39, 0.29) is 4.90 Å². The predicted molar refractivity (Wildman–Crippen MR) is 109 cm³/mol. The average molecular weight is 447 g/mol. The molecule has 0 atom stereocenters. The molecule has 0 saturated carbocycles. The summed E-state index contributed by atoms with van der Waals surface area (Å²) in [6, 6.07) is 14.4. The summed E-state index contributed by atoms with van der Waals surface area (Å²) in [6.07, 6.45) is -2.98. The third-order valence-electron chi connectivity index (χ3n) is 4.57. The summed E-state index contributed by atoms with van der Waals surface area (Å²) in [5.41, 5.74) is 1.28. The molecule has 31 heavy (non-hydrogen) atoms. The van der Waals surface area contributed by atoms with E-state index < -0.39 is 21.8 Å². The summed E-state index contributed by atoms with van der Waals surface area (Å²) < 4.78 is 63.3. The van der Waals surface area contributed by atoms with E-state index in [0.29, 0.717) is 29.3 Å². The van der Waals surface area contributed by atoms with Gasteiger partial charge in [-0.15, -0.1) is 5.10 Å². The maximum absolute atomic E-state index is 13.1. The maximum Gasteiger partial charge on any atom is 0.416 e. The summed E-state index contributed by atoms with van der Waals surface area (Å²) >= 11 is 0. The zero-order chi connectivity index (χ0) is 22.2. The lowest BCUT2D eigenvalue weighted by Crippen LogP contribution is -2.12.